The van der Waals surface area contributed by atoms with Crippen LogP contribution in [0.4, 0.5) is 11.6 Å². The van der Waals surface area contributed by atoms with E-state index in [1.165, 1.54) is 0 Å². The monoisotopic (exact) mass is 397 g/mol. The van der Waals surface area contributed by atoms with Crippen LogP contribution in [0.3, 0.4) is 0 Å². The zero-order chi connectivity index (χ0) is 20.3. The Morgan fingerprint density at radius 1 is 1.10 bits per heavy atom. The zero-order valence-electron chi connectivity index (χ0n) is 16.2. The van der Waals surface area contributed by atoms with Gasteiger partial charge in [0, 0.05) is 43.9 Å². The number of aromatic nitrogens is 6. The molecule has 1 fully saturated rings. The summed E-state index contributed by atoms with van der Waals surface area (Å²) in [7, 11) is 0. The first-order valence-electron chi connectivity index (χ1n) is 9.78. The summed E-state index contributed by atoms with van der Waals surface area (Å²) in [6.07, 6.45) is 12.5. The van der Waals surface area contributed by atoms with Crippen LogP contribution in [0, 0.1) is 11.3 Å². The van der Waals surface area contributed by atoms with E-state index in [4.69, 9.17) is 10.2 Å². The fourth-order valence-electron chi connectivity index (χ4n) is 3.73. The normalized spacial score (nSPS) is 16.4. The SMILES string of the molecule is N#Cc1ccc(N2CCCC(Nc3ccnc(-c4cnn5ccncc45)n3)C2)nc1. The molecule has 0 bridgehead atoms. The summed E-state index contributed by atoms with van der Waals surface area (Å²) in [6.45, 7) is 1.76. The molecule has 0 amide bonds. The van der Waals surface area contributed by atoms with Crippen LogP contribution in [0.5, 0.6) is 0 Å². The summed E-state index contributed by atoms with van der Waals surface area (Å²) in [6, 6.07) is 7.94. The van der Waals surface area contributed by atoms with Crippen molar-refractivity contribution < 1.29 is 0 Å². The van der Waals surface area contributed by atoms with Gasteiger partial charge < -0.3 is 10.2 Å². The summed E-state index contributed by atoms with van der Waals surface area (Å²) in [5.41, 5.74) is 2.28. The van der Waals surface area contributed by atoms with Crippen molar-refractivity contribution in [3.8, 4) is 17.5 Å². The van der Waals surface area contributed by atoms with Gasteiger partial charge >= 0.3 is 0 Å². The third-order valence-electron chi connectivity index (χ3n) is 5.20. The first-order chi connectivity index (χ1) is 14.8. The van der Waals surface area contributed by atoms with Crippen LogP contribution in [0.15, 0.2) is 55.4 Å². The molecule has 0 radical (unpaired) electrons. The van der Waals surface area contributed by atoms with Crippen LogP contribution >= 0.6 is 0 Å². The smallest absolute Gasteiger partial charge is 0.165 e. The van der Waals surface area contributed by atoms with Gasteiger partial charge in [-0.3, -0.25) is 4.98 Å². The minimum Gasteiger partial charge on any atom is -0.365 e. The summed E-state index contributed by atoms with van der Waals surface area (Å²) < 4.78 is 1.76. The number of hydrogen-bond donors (Lipinski definition) is 1. The predicted octanol–water partition coefficient (Wildman–Crippen LogP) is 2.53. The zero-order valence-corrected chi connectivity index (χ0v) is 16.2. The molecule has 0 saturated carbocycles. The number of fused-ring (bicyclic) bond motifs is 1. The second-order valence-electron chi connectivity index (χ2n) is 7.18. The van der Waals surface area contributed by atoms with Crippen molar-refractivity contribution in [3.63, 3.8) is 0 Å². The molecule has 9 heteroatoms. The molecule has 5 heterocycles. The Morgan fingerprint density at radius 2 is 2.07 bits per heavy atom. The molecule has 0 aliphatic carbocycles. The highest BCUT2D eigenvalue weighted by Gasteiger charge is 2.21. The van der Waals surface area contributed by atoms with Crippen LogP contribution < -0.4 is 10.2 Å². The maximum atomic E-state index is 8.96. The minimum atomic E-state index is 0.240. The molecule has 4 aromatic heterocycles. The van der Waals surface area contributed by atoms with Gasteiger partial charge in [-0.25, -0.2) is 19.5 Å². The predicted molar refractivity (Wildman–Crippen MR) is 112 cm³/mol. The Kier molecular flexibility index (Phi) is 4.65. The highest BCUT2D eigenvalue weighted by atomic mass is 15.2. The van der Waals surface area contributed by atoms with Crippen molar-refractivity contribution in [2.24, 2.45) is 0 Å². The average molecular weight is 397 g/mol. The maximum absolute atomic E-state index is 8.96. The molecule has 4 aromatic rings. The van der Waals surface area contributed by atoms with Crippen LogP contribution in [0.1, 0.15) is 18.4 Å². The highest BCUT2D eigenvalue weighted by molar-refractivity contribution is 5.75. The topological polar surface area (TPSA) is 108 Å². The molecule has 1 unspecified atom stereocenters. The molecule has 5 rings (SSSR count). The summed E-state index contributed by atoms with van der Waals surface area (Å²) in [5, 5.41) is 16.8. The number of rotatable bonds is 4. The van der Waals surface area contributed by atoms with Gasteiger partial charge in [-0.05, 0) is 31.0 Å². The van der Waals surface area contributed by atoms with E-state index in [1.807, 2.05) is 12.1 Å². The summed E-state index contributed by atoms with van der Waals surface area (Å²) in [5.74, 6) is 2.29. The second kappa shape index (κ2) is 7.75. The van der Waals surface area contributed by atoms with Crippen molar-refractivity contribution >= 4 is 17.2 Å². The van der Waals surface area contributed by atoms with E-state index < -0.39 is 0 Å². The molecule has 1 aliphatic rings. The van der Waals surface area contributed by atoms with Gasteiger partial charge in [0.15, 0.2) is 5.82 Å². The van der Waals surface area contributed by atoms with E-state index >= 15 is 0 Å². The minimum absolute atomic E-state index is 0.240. The first kappa shape index (κ1) is 18.0. The fraction of sp³-hybridized carbons (Fsp3) is 0.238. The number of nitrogens with zero attached hydrogens (tertiary/aromatic N) is 8. The van der Waals surface area contributed by atoms with Crippen molar-refractivity contribution in [1.29, 1.82) is 5.26 Å². The largest absolute Gasteiger partial charge is 0.365 e. The van der Waals surface area contributed by atoms with Gasteiger partial charge in [0.05, 0.1) is 29.0 Å². The van der Waals surface area contributed by atoms with E-state index in [9.17, 15) is 0 Å². The van der Waals surface area contributed by atoms with E-state index in [2.05, 4.69) is 36.3 Å². The van der Waals surface area contributed by atoms with Gasteiger partial charge in [-0.1, -0.05) is 0 Å². The molecule has 9 nitrogen and oxygen atoms in total. The van der Waals surface area contributed by atoms with Crippen molar-refractivity contribution in [1.82, 2.24) is 29.5 Å². The van der Waals surface area contributed by atoms with E-state index in [1.54, 1.807) is 47.8 Å². The Hall–Kier alpha value is -4.06. The van der Waals surface area contributed by atoms with Crippen LogP contribution in [0.2, 0.25) is 0 Å². The maximum Gasteiger partial charge on any atom is 0.165 e. The molecule has 148 valence electrons. The highest BCUT2D eigenvalue weighted by Crippen LogP contribution is 2.23. The molecule has 1 aliphatic heterocycles. The van der Waals surface area contributed by atoms with Crippen molar-refractivity contribution in [2.45, 2.75) is 18.9 Å². The second-order valence-corrected chi connectivity index (χ2v) is 7.18. The number of nitriles is 1. The Labute approximate surface area is 173 Å². The lowest BCUT2D eigenvalue weighted by Gasteiger charge is -2.34. The van der Waals surface area contributed by atoms with E-state index in [-0.39, 0.29) is 6.04 Å². The van der Waals surface area contributed by atoms with Crippen LogP contribution in [-0.4, -0.2) is 48.7 Å². The third kappa shape index (κ3) is 3.51. The standard InChI is InChI=1S/C21H19N9/c22-10-15-3-4-20(25-11-15)29-8-1-2-16(14-29)27-19-5-6-24-21(28-19)17-12-26-30-9-7-23-13-18(17)30/h3-7,9,11-13,16H,1-2,8,14H2,(H,24,27,28). The van der Waals surface area contributed by atoms with Crippen LogP contribution in [-0.2, 0) is 0 Å². The van der Waals surface area contributed by atoms with Gasteiger partial charge in [0.25, 0.3) is 0 Å². The van der Waals surface area contributed by atoms with Crippen molar-refractivity contribution in [3.05, 3.63) is 60.9 Å². The third-order valence-corrected chi connectivity index (χ3v) is 5.20. The fourth-order valence-corrected chi connectivity index (χ4v) is 3.73. The lowest BCUT2D eigenvalue weighted by Crippen LogP contribution is -2.42. The van der Waals surface area contributed by atoms with E-state index in [0.717, 1.165) is 48.6 Å². The Morgan fingerprint density at radius 3 is 2.93 bits per heavy atom. The number of pyridine rings is 1. The Bertz CT molecular complexity index is 1210. The summed E-state index contributed by atoms with van der Waals surface area (Å²) >= 11 is 0. The van der Waals surface area contributed by atoms with Crippen molar-refractivity contribution in [2.75, 3.05) is 23.3 Å². The van der Waals surface area contributed by atoms with Gasteiger partial charge in [0.1, 0.15) is 17.7 Å². The first-order valence-corrected chi connectivity index (χ1v) is 9.78. The summed E-state index contributed by atoms with van der Waals surface area (Å²) in [4.78, 5) is 20.0. The quantitative estimate of drug-likeness (QED) is 0.560. The molecule has 0 spiro atoms. The molecule has 1 atom stereocenters. The van der Waals surface area contributed by atoms with Crippen LogP contribution in [0.25, 0.3) is 16.9 Å². The van der Waals surface area contributed by atoms with Gasteiger partial charge in [-0.2, -0.15) is 10.4 Å². The molecular formula is C21H19N9. The van der Waals surface area contributed by atoms with E-state index in [0.29, 0.717) is 11.4 Å². The molecular weight excluding hydrogens is 378 g/mol. The van der Waals surface area contributed by atoms with Gasteiger partial charge in [-0.15, -0.1) is 0 Å². The molecule has 1 saturated heterocycles. The number of hydrogen-bond acceptors (Lipinski definition) is 8. The molecule has 30 heavy (non-hydrogen) atoms. The molecule has 0 aromatic carbocycles. The lowest BCUT2D eigenvalue weighted by atomic mass is 10.1. The van der Waals surface area contributed by atoms with Gasteiger partial charge in [0.2, 0.25) is 0 Å². The molecule has 1 N–H and O–H groups in total. The number of anilines is 2. The number of piperidine rings is 1. The number of nitrogens with one attached hydrogen (secondary N) is 1. The average Bonchev–Trinajstić information content (AvgIpc) is 3.24. The Balaban J connectivity index is 1.33. The lowest BCUT2D eigenvalue weighted by molar-refractivity contribution is 0.525.